The number of nitrogens with zero attached hydrogens (tertiary/aromatic N) is 1. The molecule has 0 aromatic heterocycles. The molecule has 0 bridgehead atoms. The van der Waals surface area contributed by atoms with Crippen molar-refractivity contribution in [3.63, 3.8) is 0 Å². The van der Waals surface area contributed by atoms with Crippen molar-refractivity contribution in [2.45, 2.75) is 72.0 Å². The molecule has 0 radical (unpaired) electrons. The Hall–Kier alpha value is -2.24. The Morgan fingerprint density at radius 1 is 1.03 bits per heavy atom. The molecule has 180 valence electrons. The van der Waals surface area contributed by atoms with Gasteiger partial charge in [0.25, 0.3) is 5.91 Å². The van der Waals surface area contributed by atoms with E-state index in [1.165, 1.54) is 10.5 Å². The lowest BCUT2D eigenvalue weighted by molar-refractivity contribution is -0.143. The topological polar surface area (TPSA) is 58.6 Å². The van der Waals surface area contributed by atoms with Crippen molar-refractivity contribution >= 4 is 35.0 Å². The zero-order chi connectivity index (χ0) is 24.8. The second-order valence-electron chi connectivity index (χ2n) is 9.37. The minimum atomic E-state index is -0.681. The van der Waals surface area contributed by atoms with Gasteiger partial charge >= 0.3 is 0 Å². The number of ether oxygens (including phenoxy) is 1. The second kappa shape index (κ2) is 11.8. The summed E-state index contributed by atoms with van der Waals surface area (Å²) in [5, 5.41) is 3.78. The predicted octanol–water partition coefficient (Wildman–Crippen LogP) is 6.00. The standard InChI is InChI=1S/C26H34Cl2N2O3/c1-7-23(25(32)29-17(2)3)30(15-20-21(27)9-8-10-22(20)28)24(31)16-33-19-13-11-18(12-14-19)26(4,5)6/h8-14,17,23H,7,15-16H2,1-6H3,(H,29,32)/t23-/m1/s1. The van der Waals surface area contributed by atoms with Gasteiger partial charge in [-0.2, -0.15) is 0 Å². The highest BCUT2D eigenvalue weighted by Crippen LogP contribution is 2.27. The van der Waals surface area contributed by atoms with Crippen molar-refractivity contribution in [2.75, 3.05) is 6.61 Å². The molecule has 1 N–H and O–H groups in total. The van der Waals surface area contributed by atoms with E-state index in [-0.39, 0.29) is 36.4 Å². The van der Waals surface area contributed by atoms with Crippen LogP contribution in [0.3, 0.4) is 0 Å². The summed E-state index contributed by atoms with van der Waals surface area (Å²) in [6, 6.07) is 12.1. The number of carbonyl (C=O) groups excluding carboxylic acids is 2. The lowest BCUT2D eigenvalue weighted by Gasteiger charge is -2.31. The van der Waals surface area contributed by atoms with Crippen molar-refractivity contribution in [1.29, 1.82) is 0 Å². The van der Waals surface area contributed by atoms with Crippen LogP contribution in [0.5, 0.6) is 5.75 Å². The average Bonchev–Trinajstić information content (AvgIpc) is 2.73. The molecule has 0 spiro atoms. The molecular weight excluding hydrogens is 459 g/mol. The number of benzene rings is 2. The summed E-state index contributed by atoms with van der Waals surface area (Å²) in [5.74, 6) is 0.0435. The molecule has 0 saturated carbocycles. The van der Waals surface area contributed by atoms with Gasteiger partial charge in [-0.15, -0.1) is 0 Å². The van der Waals surface area contributed by atoms with Crippen LogP contribution >= 0.6 is 23.2 Å². The van der Waals surface area contributed by atoms with Gasteiger partial charge in [0.2, 0.25) is 5.91 Å². The fraction of sp³-hybridized carbons (Fsp3) is 0.462. The Morgan fingerprint density at radius 2 is 1.61 bits per heavy atom. The number of hydrogen-bond acceptors (Lipinski definition) is 3. The summed E-state index contributed by atoms with van der Waals surface area (Å²) in [7, 11) is 0. The van der Waals surface area contributed by atoms with Crippen LogP contribution < -0.4 is 10.1 Å². The van der Waals surface area contributed by atoms with Crippen molar-refractivity contribution in [3.8, 4) is 5.75 Å². The maximum Gasteiger partial charge on any atom is 0.261 e. The molecule has 2 aromatic carbocycles. The second-order valence-corrected chi connectivity index (χ2v) is 10.2. The van der Waals surface area contributed by atoms with E-state index in [1.54, 1.807) is 18.2 Å². The van der Waals surface area contributed by atoms with Crippen LogP contribution in [0.2, 0.25) is 10.0 Å². The molecule has 0 saturated heterocycles. The quantitative estimate of drug-likeness (QED) is 0.466. The number of amides is 2. The molecule has 0 aliphatic heterocycles. The third-order valence-corrected chi connectivity index (χ3v) is 6.00. The Balaban J connectivity index is 2.25. The van der Waals surface area contributed by atoms with Gasteiger partial charge in [-0.1, -0.05) is 69.1 Å². The molecule has 2 aromatic rings. The van der Waals surface area contributed by atoms with Crippen LogP contribution in [0.15, 0.2) is 42.5 Å². The molecule has 2 rings (SSSR count). The highest BCUT2D eigenvalue weighted by Gasteiger charge is 2.30. The molecule has 0 aliphatic rings. The average molecular weight is 493 g/mol. The fourth-order valence-corrected chi connectivity index (χ4v) is 3.95. The minimum Gasteiger partial charge on any atom is -0.484 e. The first-order valence-corrected chi connectivity index (χ1v) is 12.0. The maximum atomic E-state index is 13.3. The largest absolute Gasteiger partial charge is 0.484 e. The Bertz CT molecular complexity index is 933. The van der Waals surface area contributed by atoms with E-state index in [0.29, 0.717) is 27.8 Å². The zero-order valence-corrected chi connectivity index (χ0v) is 21.8. The van der Waals surface area contributed by atoms with E-state index in [9.17, 15) is 9.59 Å². The van der Waals surface area contributed by atoms with Crippen molar-refractivity contribution in [3.05, 3.63) is 63.6 Å². The Morgan fingerprint density at radius 3 is 2.09 bits per heavy atom. The van der Waals surface area contributed by atoms with E-state index in [1.807, 2.05) is 45.0 Å². The van der Waals surface area contributed by atoms with E-state index < -0.39 is 6.04 Å². The third-order valence-electron chi connectivity index (χ3n) is 5.29. The Kier molecular flexibility index (Phi) is 9.62. The van der Waals surface area contributed by atoms with E-state index in [0.717, 1.165) is 0 Å². The maximum absolute atomic E-state index is 13.3. The monoisotopic (exact) mass is 492 g/mol. The lowest BCUT2D eigenvalue weighted by Crippen LogP contribution is -2.51. The van der Waals surface area contributed by atoms with Gasteiger partial charge in [0.1, 0.15) is 11.8 Å². The van der Waals surface area contributed by atoms with Gasteiger partial charge in [0, 0.05) is 28.2 Å². The summed E-state index contributed by atoms with van der Waals surface area (Å²) in [5.41, 5.74) is 1.80. The fourth-order valence-electron chi connectivity index (χ4n) is 3.43. The summed E-state index contributed by atoms with van der Waals surface area (Å²) >= 11 is 12.7. The minimum absolute atomic E-state index is 0.0253. The number of nitrogens with one attached hydrogen (secondary N) is 1. The lowest BCUT2D eigenvalue weighted by atomic mass is 9.87. The highest BCUT2D eigenvalue weighted by atomic mass is 35.5. The molecule has 5 nitrogen and oxygen atoms in total. The SMILES string of the molecule is CC[C@H](C(=O)NC(C)C)N(Cc1c(Cl)cccc1Cl)C(=O)COc1ccc(C(C)(C)C)cc1. The first kappa shape index (κ1) is 27.0. The molecule has 0 unspecified atom stereocenters. The van der Waals surface area contributed by atoms with Gasteiger partial charge in [0.15, 0.2) is 6.61 Å². The summed E-state index contributed by atoms with van der Waals surface area (Å²) in [6.07, 6.45) is 0.437. The number of rotatable bonds is 9. The zero-order valence-electron chi connectivity index (χ0n) is 20.2. The molecule has 2 amide bonds. The molecule has 1 atom stereocenters. The smallest absolute Gasteiger partial charge is 0.261 e. The van der Waals surface area contributed by atoms with Crippen LogP contribution in [0.25, 0.3) is 0 Å². The van der Waals surface area contributed by atoms with Crippen LogP contribution in [-0.2, 0) is 21.5 Å². The van der Waals surface area contributed by atoms with Gasteiger partial charge in [-0.05, 0) is 55.5 Å². The molecule has 0 heterocycles. The van der Waals surface area contributed by atoms with Gasteiger partial charge in [-0.25, -0.2) is 0 Å². The molecule has 0 aliphatic carbocycles. The predicted molar refractivity (Wildman–Crippen MR) is 135 cm³/mol. The number of carbonyl (C=O) groups is 2. The highest BCUT2D eigenvalue weighted by molar-refractivity contribution is 6.36. The van der Waals surface area contributed by atoms with E-state index in [4.69, 9.17) is 27.9 Å². The number of hydrogen-bond donors (Lipinski definition) is 1. The van der Waals surface area contributed by atoms with Crippen LogP contribution in [0, 0.1) is 0 Å². The summed E-state index contributed by atoms with van der Waals surface area (Å²) in [6.45, 7) is 11.9. The van der Waals surface area contributed by atoms with Crippen LogP contribution in [0.1, 0.15) is 59.1 Å². The van der Waals surface area contributed by atoms with E-state index in [2.05, 4.69) is 26.1 Å². The molecular formula is C26H34Cl2N2O3. The first-order valence-electron chi connectivity index (χ1n) is 11.2. The van der Waals surface area contributed by atoms with Crippen LogP contribution in [0.4, 0.5) is 0 Å². The summed E-state index contributed by atoms with van der Waals surface area (Å²) < 4.78 is 5.78. The normalized spacial score (nSPS) is 12.4. The Labute approximate surface area is 207 Å². The third kappa shape index (κ3) is 7.65. The summed E-state index contributed by atoms with van der Waals surface area (Å²) in [4.78, 5) is 27.7. The van der Waals surface area contributed by atoms with E-state index >= 15 is 0 Å². The first-order chi connectivity index (χ1) is 15.4. The molecule has 33 heavy (non-hydrogen) atoms. The van der Waals surface area contributed by atoms with Crippen molar-refractivity contribution in [2.24, 2.45) is 0 Å². The van der Waals surface area contributed by atoms with Crippen molar-refractivity contribution < 1.29 is 14.3 Å². The van der Waals surface area contributed by atoms with Crippen molar-refractivity contribution in [1.82, 2.24) is 10.2 Å². The molecule has 7 heteroatoms. The number of halogens is 2. The molecule has 0 fully saturated rings. The van der Waals surface area contributed by atoms with Crippen LogP contribution in [-0.4, -0.2) is 35.4 Å². The van der Waals surface area contributed by atoms with Gasteiger partial charge in [-0.3, -0.25) is 9.59 Å². The van der Waals surface area contributed by atoms with Gasteiger partial charge < -0.3 is 15.0 Å². The van der Waals surface area contributed by atoms with Gasteiger partial charge in [0.05, 0.1) is 0 Å².